The van der Waals surface area contributed by atoms with Crippen molar-refractivity contribution in [2.45, 2.75) is 13.5 Å². The normalized spacial score (nSPS) is 10.7. The summed E-state index contributed by atoms with van der Waals surface area (Å²) in [6.45, 7) is 2.44. The average Bonchev–Trinajstić information content (AvgIpc) is 2.71. The Morgan fingerprint density at radius 1 is 1.44 bits per heavy atom. The van der Waals surface area contributed by atoms with Crippen molar-refractivity contribution in [3.63, 3.8) is 0 Å². The molecule has 0 aliphatic heterocycles. The molecule has 0 saturated carbocycles. The van der Waals surface area contributed by atoms with Gasteiger partial charge >= 0.3 is 0 Å². The Morgan fingerprint density at radius 2 is 2.25 bits per heavy atom. The molecule has 0 radical (unpaired) electrons. The third-order valence-corrected chi connectivity index (χ3v) is 2.81. The van der Waals surface area contributed by atoms with Crippen LogP contribution in [0.15, 0.2) is 24.4 Å². The Hall–Kier alpha value is -1.39. The molecule has 16 heavy (non-hydrogen) atoms. The summed E-state index contributed by atoms with van der Waals surface area (Å²) >= 11 is 5.96. The van der Waals surface area contributed by atoms with Crippen LogP contribution in [0.1, 0.15) is 5.56 Å². The molecular weight excluding hydrogens is 226 g/mol. The van der Waals surface area contributed by atoms with Crippen LogP contribution in [0.4, 0.5) is 0 Å². The highest BCUT2D eigenvalue weighted by Crippen LogP contribution is 2.23. The van der Waals surface area contributed by atoms with Gasteiger partial charge in [-0.1, -0.05) is 22.9 Å². The SMILES string of the molecule is Cc1cc(-c2cnnn2CCO)ccc1Cl. The first kappa shape index (κ1) is 11.1. The minimum atomic E-state index is 0.0446. The predicted molar refractivity (Wildman–Crippen MR) is 62.3 cm³/mol. The van der Waals surface area contributed by atoms with E-state index >= 15 is 0 Å². The molecule has 0 bridgehead atoms. The van der Waals surface area contributed by atoms with Crippen LogP contribution in [0.2, 0.25) is 5.02 Å². The number of rotatable bonds is 3. The summed E-state index contributed by atoms with van der Waals surface area (Å²) in [7, 11) is 0. The number of aromatic nitrogens is 3. The van der Waals surface area contributed by atoms with E-state index in [1.807, 2.05) is 25.1 Å². The van der Waals surface area contributed by atoms with Crippen molar-refractivity contribution < 1.29 is 5.11 Å². The molecule has 0 unspecified atom stereocenters. The molecule has 0 amide bonds. The first-order chi connectivity index (χ1) is 7.72. The van der Waals surface area contributed by atoms with Gasteiger partial charge in [0.05, 0.1) is 25.0 Å². The van der Waals surface area contributed by atoms with E-state index in [0.29, 0.717) is 6.54 Å². The Morgan fingerprint density at radius 3 is 2.94 bits per heavy atom. The van der Waals surface area contributed by atoms with E-state index in [0.717, 1.165) is 21.8 Å². The summed E-state index contributed by atoms with van der Waals surface area (Å²) in [6, 6.07) is 5.75. The van der Waals surface area contributed by atoms with Gasteiger partial charge in [0.2, 0.25) is 0 Å². The van der Waals surface area contributed by atoms with Crippen molar-refractivity contribution in [3.05, 3.63) is 35.0 Å². The molecule has 0 fully saturated rings. The number of nitrogens with zero attached hydrogens (tertiary/aromatic N) is 3. The van der Waals surface area contributed by atoms with Gasteiger partial charge in [-0.25, -0.2) is 4.68 Å². The lowest BCUT2D eigenvalue weighted by molar-refractivity contribution is 0.269. The highest BCUT2D eigenvalue weighted by Gasteiger charge is 2.07. The van der Waals surface area contributed by atoms with Crippen LogP contribution in [0.25, 0.3) is 11.3 Å². The molecule has 84 valence electrons. The first-order valence-corrected chi connectivity index (χ1v) is 5.36. The largest absolute Gasteiger partial charge is 0.394 e. The molecule has 1 aromatic carbocycles. The zero-order chi connectivity index (χ0) is 11.5. The fourth-order valence-corrected chi connectivity index (χ4v) is 1.66. The summed E-state index contributed by atoms with van der Waals surface area (Å²) in [5, 5.41) is 17.4. The summed E-state index contributed by atoms with van der Waals surface area (Å²) < 4.78 is 1.67. The third-order valence-electron chi connectivity index (χ3n) is 2.38. The third kappa shape index (κ3) is 2.08. The second-order valence-electron chi connectivity index (χ2n) is 3.53. The van der Waals surface area contributed by atoms with Crippen molar-refractivity contribution in [1.29, 1.82) is 0 Å². The zero-order valence-electron chi connectivity index (χ0n) is 8.89. The summed E-state index contributed by atoms with van der Waals surface area (Å²) in [5.74, 6) is 0. The lowest BCUT2D eigenvalue weighted by atomic mass is 10.1. The zero-order valence-corrected chi connectivity index (χ0v) is 9.65. The van der Waals surface area contributed by atoms with Gasteiger partial charge in [-0.2, -0.15) is 0 Å². The number of hydrogen-bond acceptors (Lipinski definition) is 3. The number of aliphatic hydroxyl groups is 1. The molecule has 0 aliphatic carbocycles. The van der Waals surface area contributed by atoms with Crippen LogP contribution in [0.3, 0.4) is 0 Å². The predicted octanol–water partition coefficient (Wildman–Crippen LogP) is 1.90. The maximum atomic E-state index is 8.90. The van der Waals surface area contributed by atoms with Gasteiger partial charge in [0, 0.05) is 10.6 Å². The summed E-state index contributed by atoms with van der Waals surface area (Å²) in [6.07, 6.45) is 1.68. The number of aliphatic hydroxyl groups excluding tert-OH is 1. The van der Waals surface area contributed by atoms with Gasteiger partial charge < -0.3 is 5.11 Å². The molecule has 0 saturated heterocycles. The van der Waals surface area contributed by atoms with E-state index in [9.17, 15) is 0 Å². The molecular formula is C11H12ClN3O. The lowest BCUT2D eigenvalue weighted by Gasteiger charge is -2.06. The fourth-order valence-electron chi connectivity index (χ4n) is 1.55. The molecule has 2 rings (SSSR count). The van der Waals surface area contributed by atoms with Gasteiger partial charge in [0.1, 0.15) is 0 Å². The molecule has 0 aliphatic rings. The Labute approximate surface area is 98.5 Å². The molecule has 1 heterocycles. The lowest BCUT2D eigenvalue weighted by Crippen LogP contribution is -2.05. The minimum Gasteiger partial charge on any atom is -0.394 e. The van der Waals surface area contributed by atoms with Gasteiger partial charge in [0.25, 0.3) is 0 Å². The maximum absolute atomic E-state index is 8.90. The minimum absolute atomic E-state index is 0.0446. The van der Waals surface area contributed by atoms with Crippen molar-refractivity contribution in [1.82, 2.24) is 15.0 Å². The number of aryl methyl sites for hydroxylation is 1. The standard InChI is InChI=1S/C11H12ClN3O/c1-8-6-9(2-3-10(8)12)11-7-13-14-15(11)4-5-16/h2-3,6-7,16H,4-5H2,1H3. The highest BCUT2D eigenvalue weighted by atomic mass is 35.5. The summed E-state index contributed by atoms with van der Waals surface area (Å²) in [4.78, 5) is 0. The molecule has 5 heteroatoms. The van der Waals surface area contributed by atoms with Crippen LogP contribution >= 0.6 is 11.6 Å². The molecule has 4 nitrogen and oxygen atoms in total. The van der Waals surface area contributed by atoms with Gasteiger partial charge in [-0.3, -0.25) is 0 Å². The maximum Gasteiger partial charge on any atom is 0.0886 e. The van der Waals surface area contributed by atoms with Gasteiger partial charge in [-0.15, -0.1) is 5.10 Å². The van der Waals surface area contributed by atoms with E-state index in [1.54, 1.807) is 10.9 Å². The van der Waals surface area contributed by atoms with Crippen molar-refractivity contribution >= 4 is 11.6 Å². The Balaban J connectivity index is 2.42. The topological polar surface area (TPSA) is 50.9 Å². The van der Waals surface area contributed by atoms with Crippen molar-refractivity contribution in [2.75, 3.05) is 6.61 Å². The second-order valence-corrected chi connectivity index (χ2v) is 3.94. The summed E-state index contributed by atoms with van der Waals surface area (Å²) in [5.41, 5.74) is 2.89. The molecule has 2 aromatic rings. The Kier molecular flexibility index (Phi) is 3.22. The van der Waals surface area contributed by atoms with Crippen molar-refractivity contribution in [2.24, 2.45) is 0 Å². The fraction of sp³-hybridized carbons (Fsp3) is 0.273. The Bertz CT molecular complexity index is 496. The van der Waals surface area contributed by atoms with Gasteiger partial charge in [-0.05, 0) is 24.6 Å². The average molecular weight is 238 g/mol. The molecule has 1 aromatic heterocycles. The van der Waals surface area contributed by atoms with Crippen LogP contribution in [-0.4, -0.2) is 26.7 Å². The van der Waals surface area contributed by atoms with E-state index in [-0.39, 0.29) is 6.61 Å². The van der Waals surface area contributed by atoms with E-state index in [1.165, 1.54) is 0 Å². The molecule has 1 N–H and O–H groups in total. The van der Waals surface area contributed by atoms with Gasteiger partial charge in [0.15, 0.2) is 0 Å². The van der Waals surface area contributed by atoms with Crippen LogP contribution < -0.4 is 0 Å². The van der Waals surface area contributed by atoms with E-state index in [4.69, 9.17) is 16.7 Å². The molecule has 0 atom stereocenters. The van der Waals surface area contributed by atoms with Crippen LogP contribution in [0, 0.1) is 6.92 Å². The van der Waals surface area contributed by atoms with Crippen LogP contribution in [0.5, 0.6) is 0 Å². The highest BCUT2D eigenvalue weighted by molar-refractivity contribution is 6.31. The van der Waals surface area contributed by atoms with E-state index in [2.05, 4.69) is 10.3 Å². The smallest absolute Gasteiger partial charge is 0.0886 e. The number of halogens is 1. The van der Waals surface area contributed by atoms with E-state index < -0.39 is 0 Å². The second kappa shape index (κ2) is 4.63. The van der Waals surface area contributed by atoms with Crippen LogP contribution in [-0.2, 0) is 6.54 Å². The first-order valence-electron chi connectivity index (χ1n) is 4.98. The van der Waals surface area contributed by atoms with Crippen molar-refractivity contribution in [3.8, 4) is 11.3 Å². The quantitative estimate of drug-likeness (QED) is 0.887. The monoisotopic (exact) mass is 237 g/mol. The molecule has 0 spiro atoms. The number of benzene rings is 1. The number of hydrogen-bond donors (Lipinski definition) is 1.